The summed E-state index contributed by atoms with van der Waals surface area (Å²) in [4.78, 5) is 26.2. The molecule has 0 aliphatic carbocycles. The predicted molar refractivity (Wildman–Crippen MR) is 90.2 cm³/mol. The van der Waals surface area contributed by atoms with Crippen LogP contribution in [0.2, 0.25) is 0 Å². The van der Waals surface area contributed by atoms with Crippen LogP contribution >= 0.6 is 11.3 Å². The molecule has 2 heterocycles. The summed E-state index contributed by atoms with van der Waals surface area (Å²) >= 11 is 1.27. The van der Waals surface area contributed by atoms with E-state index >= 15 is 0 Å². The lowest BCUT2D eigenvalue weighted by molar-refractivity contribution is -0.118. The first-order valence-electron chi connectivity index (χ1n) is 7.36. The summed E-state index contributed by atoms with van der Waals surface area (Å²) in [5, 5.41) is 4.94. The van der Waals surface area contributed by atoms with Crippen LogP contribution in [-0.2, 0) is 14.1 Å². The van der Waals surface area contributed by atoms with Crippen molar-refractivity contribution in [1.82, 2.24) is 10.3 Å². The molecule has 23 heavy (non-hydrogen) atoms. The van der Waals surface area contributed by atoms with E-state index in [0.29, 0.717) is 23.5 Å². The lowest BCUT2D eigenvalue weighted by Crippen LogP contribution is -2.41. The molecular weight excluding hydrogens is 315 g/mol. The highest BCUT2D eigenvalue weighted by Gasteiger charge is 2.52. The maximum Gasteiger partial charge on any atom is 0.492 e. The third kappa shape index (κ3) is 4.07. The number of nitrogens with one attached hydrogen (secondary N) is 1. The third-order valence-corrected chi connectivity index (χ3v) is 4.86. The monoisotopic (exact) mass is 336 g/mol. The highest BCUT2D eigenvalue weighted by Crippen LogP contribution is 2.38. The van der Waals surface area contributed by atoms with Gasteiger partial charge in [0, 0.05) is 18.8 Å². The van der Waals surface area contributed by atoms with Gasteiger partial charge in [-0.05, 0) is 39.2 Å². The minimum atomic E-state index is -0.576. The van der Waals surface area contributed by atoms with Gasteiger partial charge in [0.2, 0.25) is 5.91 Å². The Morgan fingerprint density at radius 3 is 2.43 bits per heavy atom. The quantitative estimate of drug-likeness (QED) is 0.658. The number of rotatable bonds is 5. The molecule has 0 atom stereocenters. The lowest BCUT2D eigenvalue weighted by Gasteiger charge is -2.32. The SMILES string of the molecule is CC(=O)NCC(=Cc1csc(C=O)n1)B1OC(C)(C)C(C)(C)O1. The van der Waals surface area contributed by atoms with Crippen molar-refractivity contribution in [1.29, 1.82) is 0 Å². The van der Waals surface area contributed by atoms with Crippen molar-refractivity contribution in [3.8, 4) is 0 Å². The maximum absolute atomic E-state index is 11.2. The van der Waals surface area contributed by atoms with Crippen LogP contribution < -0.4 is 5.32 Å². The van der Waals surface area contributed by atoms with Crippen LogP contribution in [0.1, 0.15) is 50.1 Å². The molecular formula is C15H21BN2O4S. The van der Waals surface area contributed by atoms with Gasteiger partial charge >= 0.3 is 7.12 Å². The van der Waals surface area contributed by atoms with Gasteiger partial charge in [-0.2, -0.15) is 0 Å². The summed E-state index contributed by atoms with van der Waals surface area (Å²) in [5.74, 6) is -0.140. The summed E-state index contributed by atoms with van der Waals surface area (Å²) in [6.45, 7) is 9.62. The van der Waals surface area contributed by atoms with E-state index in [4.69, 9.17) is 9.31 Å². The van der Waals surface area contributed by atoms with E-state index in [1.807, 2.05) is 27.7 Å². The molecule has 1 aromatic heterocycles. The second-order valence-corrected chi connectivity index (χ2v) is 7.34. The fourth-order valence-corrected chi connectivity index (χ4v) is 2.61. The highest BCUT2D eigenvalue weighted by molar-refractivity contribution is 7.11. The maximum atomic E-state index is 11.2. The number of thiazole rings is 1. The molecule has 0 saturated carbocycles. The summed E-state index contributed by atoms with van der Waals surface area (Å²) in [6, 6.07) is 0. The molecule has 0 aromatic carbocycles. The molecule has 8 heteroatoms. The van der Waals surface area contributed by atoms with Crippen molar-refractivity contribution in [3.05, 3.63) is 21.6 Å². The van der Waals surface area contributed by atoms with Crippen LogP contribution in [0.15, 0.2) is 10.9 Å². The van der Waals surface area contributed by atoms with Crippen molar-refractivity contribution < 1.29 is 18.9 Å². The second kappa shape index (κ2) is 6.55. The first-order valence-corrected chi connectivity index (χ1v) is 8.24. The number of carbonyl (C=O) groups is 2. The largest absolute Gasteiger partial charge is 0.492 e. The van der Waals surface area contributed by atoms with Gasteiger partial charge in [-0.15, -0.1) is 11.3 Å². The molecule has 1 saturated heterocycles. The van der Waals surface area contributed by atoms with E-state index in [1.165, 1.54) is 18.3 Å². The summed E-state index contributed by atoms with van der Waals surface area (Å²) in [5.41, 5.74) is 0.459. The Hall–Kier alpha value is -1.51. The average molecular weight is 336 g/mol. The number of carbonyl (C=O) groups excluding carboxylic acids is 2. The summed E-state index contributed by atoms with van der Waals surface area (Å²) in [7, 11) is -0.576. The van der Waals surface area contributed by atoms with Crippen molar-refractivity contribution in [2.24, 2.45) is 0 Å². The van der Waals surface area contributed by atoms with E-state index < -0.39 is 18.3 Å². The van der Waals surface area contributed by atoms with Gasteiger partial charge in [0.05, 0.1) is 16.9 Å². The fourth-order valence-electron chi connectivity index (χ4n) is 2.03. The predicted octanol–water partition coefficient (Wildman–Crippen LogP) is 2.11. The molecule has 6 nitrogen and oxygen atoms in total. The van der Waals surface area contributed by atoms with Crippen LogP contribution in [0.5, 0.6) is 0 Å². The molecule has 0 radical (unpaired) electrons. The van der Waals surface area contributed by atoms with Gasteiger partial charge in [0.1, 0.15) is 0 Å². The standard InChI is InChI=1S/C15H21BN2O4S/c1-10(20)17-7-11(6-12-9-23-13(8-19)18-12)16-21-14(2,3)15(4,5)22-16/h6,8-9H,7H2,1-5H3,(H,17,20). The van der Waals surface area contributed by atoms with Gasteiger partial charge < -0.3 is 14.6 Å². The van der Waals surface area contributed by atoms with Crippen LogP contribution in [0.25, 0.3) is 6.08 Å². The highest BCUT2D eigenvalue weighted by atomic mass is 32.1. The molecule has 1 fully saturated rings. The average Bonchev–Trinajstić information content (AvgIpc) is 2.97. The van der Waals surface area contributed by atoms with Gasteiger partial charge in [-0.25, -0.2) is 4.98 Å². The zero-order valence-corrected chi connectivity index (χ0v) is 14.8. The molecule has 1 amide bonds. The molecule has 0 bridgehead atoms. The Balaban J connectivity index is 2.27. The van der Waals surface area contributed by atoms with E-state index in [2.05, 4.69) is 10.3 Å². The smallest absolute Gasteiger partial charge is 0.400 e. The van der Waals surface area contributed by atoms with Gasteiger partial charge in [-0.1, -0.05) is 0 Å². The van der Waals surface area contributed by atoms with Crippen molar-refractivity contribution in [3.63, 3.8) is 0 Å². The normalized spacial score (nSPS) is 19.7. The zero-order chi connectivity index (χ0) is 17.3. The first kappa shape index (κ1) is 17.8. The number of hydrogen-bond acceptors (Lipinski definition) is 6. The minimum Gasteiger partial charge on any atom is -0.400 e. The van der Waals surface area contributed by atoms with E-state index in [-0.39, 0.29) is 5.91 Å². The molecule has 0 spiro atoms. The van der Waals surface area contributed by atoms with Crippen molar-refractivity contribution in [2.75, 3.05) is 6.54 Å². The van der Waals surface area contributed by atoms with E-state index in [0.717, 1.165) is 5.47 Å². The van der Waals surface area contributed by atoms with Gasteiger partial charge in [-0.3, -0.25) is 9.59 Å². The zero-order valence-electron chi connectivity index (χ0n) is 14.0. The Bertz CT molecular complexity index is 623. The number of aromatic nitrogens is 1. The third-order valence-electron chi connectivity index (χ3n) is 4.07. The van der Waals surface area contributed by atoms with Gasteiger partial charge in [0.25, 0.3) is 0 Å². The minimum absolute atomic E-state index is 0.140. The van der Waals surface area contributed by atoms with Crippen LogP contribution in [0, 0.1) is 0 Å². The Labute approximate surface area is 140 Å². The van der Waals surface area contributed by atoms with E-state index in [1.54, 1.807) is 11.5 Å². The van der Waals surface area contributed by atoms with Crippen LogP contribution in [0.3, 0.4) is 0 Å². The summed E-state index contributed by atoms with van der Waals surface area (Å²) in [6.07, 6.45) is 2.51. The second-order valence-electron chi connectivity index (χ2n) is 6.45. The number of amides is 1. The molecule has 1 aromatic rings. The molecule has 1 N–H and O–H groups in total. The fraction of sp³-hybridized carbons (Fsp3) is 0.533. The first-order chi connectivity index (χ1) is 10.6. The molecule has 1 aliphatic rings. The molecule has 124 valence electrons. The molecule has 2 rings (SSSR count). The topological polar surface area (TPSA) is 77.5 Å². The Morgan fingerprint density at radius 1 is 1.35 bits per heavy atom. The van der Waals surface area contributed by atoms with Crippen LogP contribution in [0.4, 0.5) is 0 Å². The van der Waals surface area contributed by atoms with Crippen LogP contribution in [-0.4, -0.2) is 42.0 Å². The lowest BCUT2D eigenvalue weighted by atomic mass is 9.77. The van der Waals surface area contributed by atoms with Gasteiger partial charge in [0.15, 0.2) is 11.3 Å². The summed E-state index contributed by atoms with van der Waals surface area (Å²) < 4.78 is 12.1. The van der Waals surface area contributed by atoms with Crippen molar-refractivity contribution >= 4 is 36.7 Å². The number of nitrogens with zero attached hydrogens (tertiary/aromatic N) is 1. The Morgan fingerprint density at radius 2 is 1.96 bits per heavy atom. The van der Waals surface area contributed by atoms with E-state index in [9.17, 15) is 9.59 Å². The molecule has 0 unspecified atom stereocenters. The van der Waals surface area contributed by atoms with Crippen molar-refractivity contribution in [2.45, 2.75) is 45.8 Å². The number of aldehydes is 1. The molecule has 1 aliphatic heterocycles. The Kier molecular flexibility index (Phi) is 5.08. The number of hydrogen-bond donors (Lipinski definition) is 1.